The minimum absolute atomic E-state index is 0.0525. The highest BCUT2D eigenvalue weighted by molar-refractivity contribution is 6.28. The van der Waals surface area contributed by atoms with E-state index in [4.69, 9.17) is 0 Å². The normalized spacial score (nSPS) is 22.9. The number of H-pyrrole nitrogens is 1. The molecule has 1 aromatic carbocycles. The van der Waals surface area contributed by atoms with Gasteiger partial charge in [0, 0.05) is 66.8 Å². The number of halogens is 2. The van der Waals surface area contributed by atoms with E-state index in [0.717, 1.165) is 18.8 Å². The van der Waals surface area contributed by atoms with E-state index < -0.39 is 17.4 Å². The minimum atomic E-state index is -1.06. The molecule has 1 N–H and O–H groups in total. The molecule has 1 aliphatic carbocycles. The van der Waals surface area contributed by atoms with Crippen molar-refractivity contribution >= 4 is 23.7 Å². The van der Waals surface area contributed by atoms with Crippen molar-refractivity contribution in [3.05, 3.63) is 64.1 Å². The summed E-state index contributed by atoms with van der Waals surface area (Å²) in [4.78, 5) is 33.5. The van der Waals surface area contributed by atoms with Crippen LogP contribution in [-0.4, -0.2) is 42.6 Å². The Hall–Kier alpha value is -3.09. The molecule has 3 atom stereocenters. The van der Waals surface area contributed by atoms with Gasteiger partial charge in [-0.3, -0.25) is 9.79 Å². The van der Waals surface area contributed by atoms with Crippen molar-refractivity contribution in [3.63, 3.8) is 0 Å². The van der Waals surface area contributed by atoms with Crippen LogP contribution in [0.15, 0.2) is 35.6 Å². The number of fused-ring (bicyclic) bond motifs is 1. The SMILES string of the molecule is CN(C)/C=C(\C(=O)c1c[nH]c2c1=CC([C@@H]1C[C@H]1C=O)CN=2)c1cccc(F)c1F. The molecule has 7 heteroatoms. The second-order valence-corrected chi connectivity index (χ2v) is 7.77. The lowest BCUT2D eigenvalue weighted by Crippen LogP contribution is -2.34. The summed E-state index contributed by atoms with van der Waals surface area (Å²) in [6.45, 7) is 0.565. The summed E-state index contributed by atoms with van der Waals surface area (Å²) in [5.74, 6) is -2.10. The summed E-state index contributed by atoms with van der Waals surface area (Å²) in [5.41, 5.74) is 0.915. The maximum absolute atomic E-state index is 14.4. The number of rotatable bonds is 6. The van der Waals surface area contributed by atoms with Gasteiger partial charge in [-0.15, -0.1) is 0 Å². The van der Waals surface area contributed by atoms with Gasteiger partial charge in [-0.05, 0) is 18.4 Å². The number of aldehydes is 1. The number of carbonyl (C=O) groups excluding carboxylic acids is 2. The Labute approximate surface area is 166 Å². The Morgan fingerprint density at radius 2 is 2.07 bits per heavy atom. The van der Waals surface area contributed by atoms with Gasteiger partial charge in [0.1, 0.15) is 11.8 Å². The number of benzene rings is 1. The monoisotopic (exact) mass is 397 g/mol. The number of hydrogen-bond acceptors (Lipinski definition) is 4. The summed E-state index contributed by atoms with van der Waals surface area (Å²) in [6, 6.07) is 3.78. The van der Waals surface area contributed by atoms with Crippen LogP contribution < -0.4 is 10.7 Å². The van der Waals surface area contributed by atoms with Crippen LogP contribution in [-0.2, 0) is 4.79 Å². The maximum Gasteiger partial charge on any atom is 0.197 e. The van der Waals surface area contributed by atoms with Crippen LogP contribution in [0.1, 0.15) is 22.3 Å². The van der Waals surface area contributed by atoms with Crippen LogP contribution in [0.3, 0.4) is 0 Å². The smallest absolute Gasteiger partial charge is 0.197 e. The van der Waals surface area contributed by atoms with Crippen molar-refractivity contribution in [2.75, 3.05) is 20.6 Å². The van der Waals surface area contributed by atoms with Crippen molar-refractivity contribution < 1.29 is 18.4 Å². The number of allylic oxidation sites excluding steroid dienone is 1. The molecule has 1 fully saturated rings. The van der Waals surface area contributed by atoms with E-state index in [-0.39, 0.29) is 28.9 Å². The summed E-state index contributed by atoms with van der Waals surface area (Å²) >= 11 is 0. The van der Waals surface area contributed by atoms with Crippen LogP contribution in [0, 0.1) is 29.4 Å². The zero-order chi connectivity index (χ0) is 20.7. The predicted octanol–water partition coefficient (Wildman–Crippen LogP) is 1.94. The lowest BCUT2D eigenvalue weighted by atomic mass is 9.94. The number of carbonyl (C=O) groups is 2. The van der Waals surface area contributed by atoms with E-state index in [0.29, 0.717) is 22.8 Å². The number of nitrogens with one attached hydrogen (secondary N) is 1. The second-order valence-electron chi connectivity index (χ2n) is 7.77. The van der Waals surface area contributed by atoms with Crippen molar-refractivity contribution in [3.8, 4) is 0 Å². The topological polar surface area (TPSA) is 65.5 Å². The molecule has 1 unspecified atom stereocenters. The molecule has 2 aromatic rings. The summed E-state index contributed by atoms with van der Waals surface area (Å²) in [7, 11) is 3.42. The van der Waals surface area contributed by atoms with E-state index in [1.807, 2.05) is 6.08 Å². The Bertz CT molecular complexity index is 1130. The fourth-order valence-corrected chi connectivity index (χ4v) is 3.88. The third kappa shape index (κ3) is 3.52. The summed E-state index contributed by atoms with van der Waals surface area (Å²) in [5, 5.41) is 0.657. The first kappa shape index (κ1) is 19.2. The number of aromatic amines is 1. The molecule has 0 saturated heterocycles. The number of aromatic nitrogens is 1. The third-order valence-corrected chi connectivity index (χ3v) is 5.47. The van der Waals surface area contributed by atoms with Gasteiger partial charge in [-0.1, -0.05) is 18.2 Å². The zero-order valence-electron chi connectivity index (χ0n) is 16.2. The van der Waals surface area contributed by atoms with E-state index in [1.165, 1.54) is 18.3 Å². The molecule has 2 heterocycles. The third-order valence-electron chi connectivity index (χ3n) is 5.47. The van der Waals surface area contributed by atoms with Gasteiger partial charge in [0.15, 0.2) is 17.4 Å². The van der Waals surface area contributed by atoms with Crippen LogP contribution in [0.4, 0.5) is 8.78 Å². The molecule has 1 saturated carbocycles. The van der Waals surface area contributed by atoms with Crippen LogP contribution in [0.5, 0.6) is 0 Å². The standard InChI is InChI=1S/C22H21F2N3O2/c1-27(2)10-18(14-4-3-5-19(23)20(14)24)21(29)17-9-26-22-16(17)6-12(8-25-22)15-7-13(15)11-28/h3-6,9-13,15H,7-8H2,1-2H3,(H,25,26)/b18-10-/t12?,13-,15-/m0/s1. The Morgan fingerprint density at radius 1 is 1.28 bits per heavy atom. The highest BCUT2D eigenvalue weighted by Gasteiger charge is 2.42. The lowest BCUT2D eigenvalue weighted by molar-refractivity contribution is -0.109. The average Bonchev–Trinajstić information content (AvgIpc) is 3.38. The van der Waals surface area contributed by atoms with Gasteiger partial charge in [0.05, 0.1) is 0 Å². The van der Waals surface area contributed by atoms with Gasteiger partial charge in [0.2, 0.25) is 0 Å². The second kappa shape index (κ2) is 7.39. The molecule has 29 heavy (non-hydrogen) atoms. The van der Waals surface area contributed by atoms with Crippen molar-refractivity contribution in [2.45, 2.75) is 6.42 Å². The van der Waals surface area contributed by atoms with Crippen molar-refractivity contribution in [1.29, 1.82) is 0 Å². The molecule has 5 nitrogen and oxygen atoms in total. The average molecular weight is 397 g/mol. The van der Waals surface area contributed by atoms with Gasteiger partial charge < -0.3 is 14.7 Å². The van der Waals surface area contributed by atoms with E-state index >= 15 is 0 Å². The van der Waals surface area contributed by atoms with E-state index in [2.05, 4.69) is 9.98 Å². The van der Waals surface area contributed by atoms with Gasteiger partial charge in [-0.25, -0.2) is 8.78 Å². The van der Waals surface area contributed by atoms with Gasteiger partial charge >= 0.3 is 0 Å². The number of ketones is 1. The summed E-state index contributed by atoms with van der Waals surface area (Å²) < 4.78 is 28.2. The van der Waals surface area contributed by atoms with E-state index in [9.17, 15) is 18.4 Å². The first-order valence-electron chi connectivity index (χ1n) is 9.47. The first-order chi connectivity index (χ1) is 13.9. The molecular formula is C22H21F2N3O2. The maximum atomic E-state index is 14.4. The largest absolute Gasteiger partial charge is 0.383 e. The lowest BCUT2D eigenvalue weighted by Gasteiger charge is -2.14. The molecule has 150 valence electrons. The number of Topliss-reactive ketones (excluding diaryl/α,β-unsaturated/α-hetero) is 1. The Morgan fingerprint density at radius 3 is 2.76 bits per heavy atom. The molecule has 1 aliphatic heterocycles. The fourth-order valence-electron chi connectivity index (χ4n) is 3.88. The Balaban J connectivity index is 1.78. The van der Waals surface area contributed by atoms with Crippen LogP contribution >= 0.6 is 0 Å². The molecule has 0 spiro atoms. The molecule has 1 aromatic heterocycles. The highest BCUT2D eigenvalue weighted by Crippen LogP contribution is 2.43. The minimum Gasteiger partial charge on any atom is -0.383 e. The van der Waals surface area contributed by atoms with Crippen molar-refractivity contribution in [2.24, 2.45) is 22.7 Å². The van der Waals surface area contributed by atoms with Gasteiger partial charge in [0.25, 0.3) is 0 Å². The molecule has 0 bridgehead atoms. The summed E-state index contributed by atoms with van der Waals surface area (Å²) in [6.07, 6.45) is 6.83. The van der Waals surface area contributed by atoms with Crippen molar-refractivity contribution in [1.82, 2.24) is 9.88 Å². The zero-order valence-corrected chi connectivity index (χ0v) is 16.2. The number of hydrogen-bond donors (Lipinski definition) is 1. The fraction of sp³-hybridized carbons (Fsp3) is 0.318. The Kier molecular flexibility index (Phi) is 4.90. The number of nitrogens with zero attached hydrogens (tertiary/aromatic N) is 2. The van der Waals surface area contributed by atoms with Crippen LogP contribution in [0.2, 0.25) is 0 Å². The molecule has 0 amide bonds. The van der Waals surface area contributed by atoms with E-state index in [1.54, 1.807) is 25.2 Å². The molecule has 0 radical (unpaired) electrons. The highest BCUT2D eigenvalue weighted by atomic mass is 19.2. The van der Waals surface area contributed by atoms with Crippen LogP contribution in [0.25, 0.3) is 11.6 Å². The first-order valence-corrected chi connectivity index (χ1v) is 9.47. The predicted molar refractivity (Wildman–Crippen MR) is 104 cm³/mol. The quantitative estimate of drug-likeness (QED) is 0.460. The molecular weight excluding hydrogens is 376 g/mol. The van der Waals surface area contributed by atoms with Gasteiger partial charge in [-0.2, -0.15) is 0 Å². The molecule has 2 aliphatic rings. The molecule has 4 rings (SSSR count).